The summed E-state index contributed by atoms with van der Waals surface area (Å²) in [6.07, 6.45) is 5.50. The number of hydrogen-bond donors (Lipinski definition) is 0. The molecule has 21 heavy (non-hydrogen) atoms. The maximum absolute atomic E-state index is 6.06. The van der Waals surface area contributed by atoms with Crippen LogP contribution in [0.2, 0.25) is 0 Å². The zero-order chi connectivity index (χ0) is 14.8. The Hall–Kier alpha value is -1.89. The van der Waals surface area contributed by atoms with Crippen LogP contribution >= 0.6 is 11.6 Å². The molecule has 0 unspecified atom stereocenters. The van der Waals surface area contributed by atoms with Gasteiger partial charge in [0.2, 0.25) is 0 Å². The molecule has 7 nitrogen and oxygen atoms in total. The van der Waals surface area contributed by atoms with Crippen molar-refractivity contribution in [3.63, 3.8) is 0 Å². The van der Waals surface area contributed by atoms with E-state index in [1.807, 2.05) is 17.9 Å². The van der Waals surface area contributed by atoms with Crippen LogP contribution in [0.1, 0.15) is 24.9 Å². The normalized spacial score (nSPS) is 11.6. The van der Waals surface area contributed by atoms with E-state index in [2.05, 4.69) is 31.9 Å². The number of alkyl halides is 1. The molecule has 0 atom stereocenters. The van der Waals surface area contributed by atoms with Crippen LogP contribution < -0.4 is 0 Å². The van der Waals surface area contributed by atoms with Gasteiger partial charge in [-0.05, 0) is 6.42 Å². The van der Waals surface area contributed by atoms with Crippen LogP contribution in [0.25, 0.3) is 11.2 Å². The van der Waals surface area contributed by atoms with E-state index in [1.54, 1.807) is 10.9 Å². The summed E-state index contributed by atoms with van der Waals surface area (Å²) in [5, 5.41) is 12.4. The average molecular weight is 308 g/mol. The summed E-state index contributed by atoms with van der Waals surface area (Å²) in [4.78, 5) is 4.67. The van der Waals surface area contributed by atoms with Gasteiger partial charge in [-0.1, -0.05) is 18.6 Å². The van der Waals surface area contributed by atoms with Gasteiger partial charge in [0.25, 0.3) is 0 Å². The molecule has 112 valence electrons. The van der Waals surface area contributed by atoms with Gasteiger partial charge in [-0.15, -0.1) is 16.7 Å². The lowest BCUT2D eigenvalue weighted by Crippen LogP contribution is -2.12. The molecule has 0 saturated heterocycles. The minimum atomic E-state index is 0.387. The lowest BCUT2D eigenvalue weighted by Gasteiger charge is -2.07. The third-order valence-corrected chi connectivity index (χ3v) is 3.74. The summed E-state index contributed by atoms with van der Waals surface area (Å²) < 4.78 is 5.81. The Bertz CT molecular complexity index is 725. The highest BCUT2D eigenvalue weighted by atomic mass is 35.5. The van der Waals surface area contributed by atoms with Crippen LogP contribution in [0.15, 0.2) is 12.4 Å². The Morgan fingerprint density at radius 1 is 1.29 bits per heavy atom. The third-order valence-electron chi connectivity index (χ3n) is 3.50. The summed E-state index contributed by atoms with van der Waals surface area (Å²) in [5.74, 6) is 1.26. The summed E-state index contributed by atoms with van der Waals surface area (Å²) in [6, 6.07) is 0. The van der Waals surface area contributed by atoms with Gasteiger partial charge in [0, 0.05) is 19.8 Å². The van der Waals surface area contributed by atoms with Crippen LogP contribution in [-0.4, -0.2) is 34.3 Å². The molecule has 0 amide bonds. The van der Waals surface area contributed by atoms with Crippen LogP contribution in [0.3, 0.4) is 0 Å². The maximum Gasteiger partial charge on any atom is 0.158 e. The molecule has 0 aliphatic rings. The third kappa shape index (κ3) is 2.53. The van der Waals surface area contributed by atoms with Crippen molar-refractivity contribution >= 4 is 22.8 Å². The zero-order valence-corrected chi connectivity index (χ0v) is 13.0. The van der Waals surface area contributed by atoms with Crippen LogP contribution in [0.5, 0.6) is 0 Å². The van der Waals surface area contributed by atoms with Crippen LogP contribution in [-0.2, 0) is 32.4 Å². The minimum Gasteiger partial charge on any atom is -0.310 e. The number of rotatable bonds is 6. The van der Waals surface area contributed by atoms with Gasteiger partial charge in [-0.3, -0.25) is 9.36 Å². The Morgan fingerprint density at radius 3 is 2.81 bits per heavy atom. The topological polar surface area (TPSA) is 66.3 Å². The fourth-order valence-corrected chi connectivity index (χ4v) is 2.79. The first kappa shape index (κ1) is 14.1. The van der Waals surface area contributed by atoms with Gasteiger partial charge in [0.05, 0.1) is 24.3 Å². The van der Waals surface area contributed by atoms with E-state index in [0.29, 0.717) is 5.88 Å². The Morgan fingerprint density at radius 2 is 2.14 bits per heavy atom. The second-order valence-electron chi connectivity index (χ2n) is 4.97. The van der Waals surface area contributed by atoms with E-state index in [4.69, 9.17) is 11.6 Å². The zero-order valence-electron chi connectivity index (χ0n) is 12.2. The smallest absolute Gasteiger partial charge is 0.158 e. The molecule has 3 aromatic rings. The van der Waals surface area contributed by atoms with Gasteiger partial charge < -0.3 is 4.57 Å². The molecule has 0 aromatic carbocycles. The molecule has 8 heteroatoms. The molecule has 0 fully saturated rings. The van der Waals surface area contributed by atoms with E-state index >= 15 is 0 Å². The predicted molar refractivity (Wildman–Crippen MR) is 80.1 cm³/mol. The molecule has 3 heterocycles. The summed E-state index contributed by atoms with van der Waals surface area (Å²) >= 11 is 6.06. The van der Waals surface area contributed by atoms with Crippen molar-refractivity contribution in [1.82, 2.24) is 34.3 Å². The second kappa shape index (κ2) is 5.85. The lowest BCUT2D eigenvalue weighted by atomic mass is 10.2. The van der Waals surface area contributed by atoms with Crippen molar-refractivity contribution in [2.24, 2.45) is 7.05 Å². The predicted octanol–water partition coefficient (Wildman–Crippen LogP) is 1.75. The SMILES string of the molecule is CCCc1nn(C)c2c1nc(CCl)n2CCn1ccnn1. The van der Waals surface area contributed by atoms with Crippen molar-refractivity contribution in [1.29, 1.82) is 0 Å². The fraction of sp³-hybridized carbons (Fsp3) is 0.538. The van der Waals surface area contributed by atoms with Crippen molar-refractivity contribution < 1.29 is 0 Å². The van der Waals surface area contributed by atoms with Crippen molar-refractivity contribution in [3.05, 3.63) is 23.9 Å². The quantitative estimate of drug-likeness (QED) is 0.651. The monoisotopic (exact) mass is 307 g/mol. The van der Waals surface area contributed by atoms with Crippen molar-refractivity contribution in [2.45, 2.75) is 38.7 Å². The molecule has 0 spiro atoms. The minimum absolute atomic E-state index is 0.387. The second-order valence-corrected chi connectivity index (χ2v) is 5.24. The first-order chi connectivity index (χ1) is 10.2. The number of aromatic nitrogens is 7. The Balaban J connectivity index is 1.99. The summed E-state index contributed by atoms with van der Waals surface area (Å²) in [5.41, 5.74) is 3.03. The number of aryl methyl sites for hydroxylation is 4. The molecule has 0 aliphatic carbocycles. The van der Waals surface area contributed by atoms with E-state index in [0.717, 1.165) is 48.6 Å². The fourth-order valence-electron chi connectivity index (χ4n) is 2.58. The number of hydrogen-bond acceptors (Lipinski definition) is 4. The van der Waals surface area contributed by atoms with E-state index in [9.17, 15) is 0 Å². The number of halogens is 1. The summed E-state index contributed by atoms with van der Waals surface area (Å²) in [6.45, 7) is 3.61. The molecule has 0 bridgehead atoms. The Labute approximate surface area is 127 Å². The highest BCUT2D eigenvalue weighted by molar-refractivity contribution is 6.16. The molecular formula is C13H18ClN7. The first-order valence-corrected chi connectivity index (χ1v) is 7.59. The largest absolute Gasteiger partial charge is 0.310 e. The molecule has 0 N–H and O–H groups in total. The summed E-state index contributed by atoms with van der Waals surface area (Å²) in [7, 11) is 1.95. The Kier molecular flexibility index (Phi) is 3.92. The maximum atomic E-state index is 6.06. The van der Waals surface area contributed by atoms with Gasteiger partial charge >= 0.3 is 0 Å². The van der Waals surface area contributed by atoms with E-state index in [1.165, 1.54) is 0 Å². The van der Waals surface area contributed by atoms with Crippen molar-refractivity contribution in [2.75, 3.05) is 0 Å². The van der Waals surface area contributed by atoms with E-state index < -0.39 is 0 Å². The van der Waals surface area contributed by atoms with Crippen LogP contribution in [0.4, 0.5) is 0 Å². The highest BCUT2D eigenvalue weighted by Crippen LogP contribution is 2.21. The molecule has 0 saturated carbocycles. The number of fused-ring (bicyclic) bond motifs is 1. The number of imidazole rings is 1. The number of nitrogens with zero attached hydrogens (tertiary/aromatic N) is 7. The van der Waals surface area contributed by atoms with Crippen molar-refractivity contribution in [3.8, 4) is 0 Å². The van der Waals surface area contributed by atoms with Gasteiger partial charge in [0.15, 0.2) is 5.65 Å². The molecule has 3 rings (SSSR count). The van der Waals surface area contributed by atoms with Gasteiger partial charge in [-0.2, -0.15) is 5.10 Å². The highest BCUT2D eigenvalue weighted by Gasteiger charge is 2.18. The average Bonchev–Trinajstić information content (AvgIpc) is 3.16. The van der Waals surface area contributed by atoms with Gasteiger partial charge in [-0.25, -0.2) is 4.98 Å². The standard InChI is InChI=1S/C13H18ClN7/c1-3-4-10-12-13(19(2)17-10)21(11(9-14)16-12)8-7-20-6-5-15-18-20/h5-6H,3-4,7-9H2,1-2H3. The first-order valence-electron chi connectivity index (χ1n) is 7.05. The molecule has 0 aliphatic heterocycles. The van der Waals surface area contributed by atoms with Crippen LogP contribution in [0, 0.1) is 0 Å². The molecule has 0 radical (unpaired) electrons. The van der Waals surface area contributed by atoms with Gasteiger partial charge in [0.1, 0.15) is 11.3 Å². The lowest BCUT2D eigenvalue weighted by molar-refractivity contribution is 0.512. The molecular weight excluding hydrogens is 290 g/mol. The van der Waals surface area contributed by atoms with E-state index in [-0.39, 0.29) is 0 Å². The molecule has 3 aromatic heterocycles.